The molecule has 4 nitrogen and oxygen atoms in total. The third kappa shape index (κ3) is 4.72. The Bertz CT molecular complexity index is 495. The van der Waals surface area contributed by atoms with E-state index in [0.717, 1.165) is 12.1 Å². The highest BCUT2D eigenvalue weighted by Gasteiger charge is 2.43. The lowest BCUT2D eigenvalue weighted by atomic mass is 10.1. The number of nitrogens with zero attached hydrogens (tertiary/aromatic N) is 1. The highest BCUT2D eigenvalue weighted by molar-refractivity contribution is 5.83. The Balaban J connectivity index is 2.78. The molecular weight excluding hydrogens is 306 g/mol. The number of oxime groups is 1. The van der Waals surface area contributed by atoms with Crippen molar-refractivity contribution < 1.29 is 36.3 Å². The van der Waals surface area contributed by atoms with Crippen molar-refractivity contribution in [1.29, 1.82) is 0 Å². The SMILES string of the molecule is N/C(=N/O)C(COc1ccc(C(F)(F)F)cc1)C(F)(F)F. The first-order chi connectivity index (χ1) is 9.55. The second-order valence-corrected chi connectivity index (χ2v) is 3.95. The second kappa shape index (κ2) is 6.10. The van der Waals surface area contributed by atoms with E-state index >= 15 is 0 Å². The highest BCUT2D eigenvalue weighted by atomic mass is 19.4. The molecule has 1 rings (SSSR count). The van der Waals surface area contributed by atoms with Gasteiger partial charge in [-0.1, -0.05) is 5.16 Å². The molecule has 1 atom stereocenters. The average Bonchev–Trinajstić information content (AvgIpc) is 2.36. The molecule has 0 fully saturated rings. The van der Waals surface area contributed by atoms with Gasteiger partial charge in [0.05, 0.1) is 5.56 Å². The van der Waals surface area contributed by atoms with Crippen LogP contribution in [0.2, 0.25) is 0 Å². The van der Waals surface area contributed by atoms with Crippen molar-refractivity contribution >= 4 is 5.84 Å². The van der Waals surface area contributed by atoms with Crippen molar-refractivity contribution in [3.8, 4) is 5.75 Å². The third-order valence-electron chi connectivity index (χ3n) is 2.47. The zero-order chi connectivity index (χ0) is 16.3. The maximum Gasteiger partial charge on any atom is 0.416 e. The average molecular weight is 316 g/mol. The van der Waals surface area contributed by atoms with E-state index in [1.54, 1.807) is 0 Å². The number of benzene rings is 1. The molecule has 10 heteroatoms. The van der Waals surface area contributed by atoms with Crippen LogP contribution in [-0.2, 0) is 6.18 Å². The van der Waals surface area contributed by atoms with Crippen LogP contribution in [-0.4, -0.2) is 23.8 Å². The van der Waals surface area contributed by atoms with E-state index in [-0.39, 0.29) is 5.75 Å². The third-order valence-corrected chi connectivity index (χ3v) is 2.47. The highest BCUT2D eigenvalue weighted by Crippen LogP contribution is 2.31. The van der Waals surface area contributed by atoms with Crippen molar-refractivity contribution in [3.63, 3.8) is 0 Å². The van der Waals surface area contributed by atoms with Crippen LogP contribution < -0.4 is 10.5 Å². The van der Waals surface area contributed by atoms with Crippen molar-refractivity contribution in [1.82, 2.24) is 0 Å². The van der Waals surface area contributed by atoms with E-state index in [9.17, 15) is 26.3 Å². The standard InChI is InChI=1S/C11H10F6N2O2/c12-10(13,14)6-1-3-7(4-2-6)21-5-8(9(18)19-20)11(15,16)17/h1-4,8,20H,5H2,(H2,18,19). The van der Waals surface area contributed by atoms with Gasteiger partial charge in [0.25, 0.3) is 0 Å². The van der Waals surface area contributed by atoms with Gasteiger partial charge in [-0.05, 0) is 24.3 Å². The van der Waals surface area contributed by atoms with Crippen LogP contribution in [0.5, 0.6) is 5.75 Å². The van der Waals surface area contributed by atoms with Crippen LogP contribution >= 0.6 is 0 Å². The van der Waals surface area contributed by atoms with Crippen molar-refractivity contribution in [2.75, 3.05) is 6.61 Å². The molecule has 0 aliphatic heterocycles. The summed E-state index contributed by atoms with van der Waals surface area (Å²) < 4.78 is 79.3. The van der Waals surface area contributed by atoms with Gasteiger partial charge in [0, 0.05) is 0 Å². The van der Waals surface area contributed by atoms with E-state index in [0.29, 0.717) is 12.1 Å². The van der Waals surface area contributed by atoms with E-state index in [1.165, 1.54) is 0 Å². The van der Waals surface area contributed by atoms with Gasteiger partial charge in [0.1, 0.15) is 18.3 Å². The first-order valence-electron chi connectivity index (χ1n) is 5.40. The maximum atomic E-state index is 12.6. The Morgan fingerprint density at radius 1 is 1.14 bits per heavy atom. The summed E-state index contributed by atoms with van der Waals surface area (Å²) in [6.45, 7) is -1.02. The Kier molecular flexibility index (Phi) is 4.92. The molecule has 0 saturated carbocycles. The fourth-order valence-electron chi connectivity index (χ4n) is 1.34. The van der Waals surface area contributed by atoms with Gasteiger partial charge in [0.2, 0.25) is 0 Å². The molecule has 0 saturated heterocycles. The molecule has 3 N–H and O–H groups in total. The van der Waals surface area contributed by atoms with E-state index in [4.69, 9.17) is 15.7 Å². The molecule has 0 bridgehead atoms. The molecule has 0 spiro atoms. The summed E-state index contributed by atoms with van der Waals surface area (Å²) in [7, 11) is 0. The minimum Gasteiger partial charge on any atom is -0.492 e. The second-order valence-electron chi connectivity index (χ2n) is 3.95. The van der Waals surface area contributed by atoms with Gasteiger partial charge >= 0.3 is 12.4 Å². The summed E-state index contributed by atoms with van der Waals surface area (Å²) in [5, 5.41) is 10.5. The molecule has 21 heavy (non-hydrogen) atoms. The smallest absolute Gasteiger partial charge is 0.416 e. The minimum atomic E-state index is -4.82. The molecule has 1 unspecified atom stereocenters. The van der Waals surface area contributed by atoms with Crippen molar-refractivity contribution in [3.05, 3.63) is 29.8 Å². The van der Waals surface area contributed by atoms with Crippen LogP contribution in [0.15, 0.2) is 29.4 Å². The lowest BCUT2D eigenvalue weighted by molar-refractivity contribution is -0.162. The maximum absolute atomic E-state index is 12.6. The van der Waals surface area contributed by atoms with Gasteiger partial charge in [-0.25, -0.2) is 0 Å². The molecule has 118 valence electrons. The Morgan fingerprint density at radius 2 is 1.67 bits per heavy atom. The number of ether oxygens (including phenoxy) is 1. The van der Waals surface area contributed by atoms with Crippen LogP contribution in [0.25, 0.3) is 0 Å². The zero-order valence-corrected chi connectivity index (χ0v) is 10.2. The molecule has 0 amide bonds. The lowest BCUT2D eigenvalue weighted by Crippen LogP contribution is -2.40. The number of rotatable bonds is 4. The summed E-state index contributed by atoms with van der Waals surface area (Å²) in [5.41, 5.74) is 3.94. The molecule has 0 heterocycles. The van der Waals surface area contributed by atoms with Gasteiger partial charge in [-0.15, -0.1) is 0 Å². The van der Waals surface area contributed by atoms with Crippen molar-refractivity contribution in [2.24, 2.45) is 16.8 Å². The van der Waals surface area contributed by atoms with Gasteiger partial charge < -0.3 is 15.7 Å². The number of alkyl halides is 6. The molecule has 0 aliphatic carbocycles. The van der Waals surface area contributed by atoms with Gasteiger partial charge in [-0.3, -0.25) is 0 Å². The Hall–Kier alpha value is -2.13. The number of nitrogens with two attached hydrogens (primary N) is 1. The molecule has 0 aromatic heterocycles. The predicted molar refractivity (Wildman–Crippen MR) is 59.9 cm³/mol. The summed E-state index contributed by atoms with van der Waals surface area (Å²) in [4.78, 5) is 0. The van der Waals surface area contributed by atoms with Crippen LogP contribution in [0, 0.1) is 5.92 Å². The van der Waals surface area contributed by atoms with Gasteiger partial charge in [-0.2, -0.15) is 26.3 Å². The number of hydrogen-bond donors (Lipinski definition) is 2. The molecule has 0 radical (unpaired) electrons. The molecular formula is C11H10F6N2O2. The first-order valence-corrected chi connectivity index (χ1v) is 5.40. The zero-order valence-electron chi connectivity index (χ0n) is 10.2. The Morgan fingerprint density at radius 3 is 2.05 bits per heavy atom. The number of hydrogen-bond acceptors (Lipinski definition) is 3. The largest absolute Gasteiger partial charge is 0.492 e. The summed E-state index contributed by atoms with van der Waals surface area (Å²) in [6.07, 6.45) is -9.37. The van der Waals surface area contributed by atoms with E-state index in [1.807, 2.05) is 0 Å². The van der Waals surface area contributed by atoms with Gasteiger partial charge in [0.15, 0.2) is 5.84 Å². The van der Waals surface area contributed by atoms with E-state index in [2.05, 4.69) is 5.16 Å². The normalized spacial score (nSPS) is 14.9. The van der Waals surface area contributed by atoms with Crippen LogP contribution in [0.3, 0.4) is 0 Å². The minimum absolute atomic E-state index is 0.206. The number of halogens is 6. The van der Waals surface area contributed by atoms with Crippen LogP contribution in [0.1, 0.15) is 5.56 Å². The molecule has 0 aliphatic rings. The molecule has 1 aromatic rings. The van der Waals surface area contributed by atoms with E-state index < -0.39 is 36.3 Å². The topological polar surface area (TPSA) is 67.8 Å². The summed E-state index contributed by atoms with van der Waals surface area (Å²) >= 11 is 0. The van der Waals surface area contributed by atoms with Crippen molar-refractivity contribution in [2.45, 2.75) is 12.4 Å². The Labute approximate surface area is 114 Å². The van der Waals surface area contributed by atoms with Crippen LogP contribution in [0.4, 0.5) is 26.3 Å². The first kappa shape index (κ1) is 16.9. The predicted octanol–water partition coefficient (Wildman–Crippen LogP) is 3.01. The number of amidine groups is 1. The fraction of sp³-hybridized carbons (Fsp3) is 0.364. The monoisotopic (exact) mass is 316 g/mol. The summed E-state index contributed by atoms with van der Waals surface area (Å²) in [5.74, 6) is -3.68. The lowest BCUT2D eigenvalue weighted by Gasteiger charge is -2.19. The quantitative estimate of drug-likeness (QED) is 0.295. The summed E-state index contributed by atoms with van der Waals surface area (Å²) in [6, 6.07) is 3.09. The molecule has 1 aromatic carbocycles. The fourth-order valence-corrected chi connectivity index (χ4v) is 1.34.